The third kappa shape index (κ3) is 5.15. The molecular formula is C20H27N3O4. The van der Waals surface area contributed by atoms with Crippen molar-refractivity contribution in [2.45, 2.75) is 47.2 Å². The molecule has 1 aromatic carbocycles. The summed E-state index contributed by atoms with van der Waals surface area (Å²) in [5.41, 5.74) is -0.213. The van der Waals surface area contributed by atoms with Crippen molar-refractivity contribution in [1.29, 1.82) is 0 Å². The summed E-state index contributed by atoms with van der Waals surface area (Å²) in [4.78, 5) is 37.1. The quantitative estimate of drug-likeness (QED) is 0.753. The van der Waals surface area contributed by atoms with E-state index in [1.165, 1.54) is 4.68 Å². The minimum atomic E-state index is -0.726. The number of hydrogen-bond donors (Lipinski definition) is 1. The summed E-state index contributed by atoms with van der Waals surface area (Å²) >= 11 is 0. The standard InChI is InChI=1S/C20H27N3O4/c1-12(2)10-23-19(25)16-9-7-6-8-15(16)18(22-23)20(26)27-11-17(24)21-14(5)13(3)4/h6-9,12-14H,10-11H2,1-5H3,(H,21,24)/t14-/m0/s1. The summed E-state index contributed by atoms with van der Waals surface area (Å²) in [7, 11) is 0. The lowest BCUT2D eigenvalue weighted by Gasteiger charge is -2.17. The number of rotatable bonds is 7. The summed E-state index contributed by atoms with van der Waals surface area (Å²) in [6, 6.07) is 6.75. The number of ether oxygens (including phenoxy) is 1. The van der Waals surface area contributed by atoms with Crippen LogP contribution in [0.3, 0.4) is 0 Å². The molecule has 27 heavy (non-hydrogen) atoms. The van der Waals surface area contributed by atoms with Crippen LogP contribution >= 0.6 is 0 Å². The predicted molar refractivity (Wildman–Crippen MR) is 104 cm³/mol. The van der Waals surface area contributed by atoms with Gasteiger partial charge in [0.15, 0.2) is 12.3 Å². The van der Waals surface area contributed by atoms with E-state index >= 15 is 0 Å². The summed E-state index contributed by atoms with van der Waals surface area (Å²) < 4.78 is 6.43. The smallest absolute Gasteiger partial charge is 0.359 e. The normalized spacial score (nSPS) is 12.4. The van der Waals surface area contributed by atoms with Crippen LogP contribution in [0.2, 0.25) is 0 Å². The number of nitrogens with one attached hydrogen (secondary N) is 1. The van der Waals surface area contributed by atoms with E-state index in [1.807, 2.05) is 34.6 Å². The van der Waals surface area contributed by atoms with Gasteiger partial charge in [-0.1, -0.05) is 45.9 Å². The van der Waals surface area contributed by atoms with Gasteiger partial charge in [-0.2, -0.15) is 5.10 Å². The Kier molecular flexibility index (Phi) is 6.71. The minimum Gasteiger partial charge on any atom is -0.451 e. The number of amides is 1. The Hall–Kier alpha value is -2.70. The molecule has 2 rings (SSSR count). The number of carbonyl (C=O) groups is 2. The maximum absolute atomic E-state index is 12.6. The van der Waals surface area contributed by atoms with Crippen LogP contribution < -0.4 is 10.9 Å². The lowest BCUT2D eigenvalue weighted by Crippen LogP contribution is -2.38. The van der Waals surface area contributed by atoms with Crippen LogP contribution in [-0.2, 0) is 16.1 Å². The van der Waals surface area contributed by atoms with Crippen molar-refractivity contribution in [3.05, 3.63) is 40.3 Å². The second kappa shape index (κ2) is 8.79. The van der Waals surface area contributed by atoms with Crippen LogP contribution in [0.1, 0.15) is 45.1 Å². The Morgan fingerprint density at radius 2 is 1.74 bits per heavy atom. The molecule has 1 aromatic heterocycles. The maximum atomic E-state index is 12.6. The van der Waals surface area contributed by atoms with Crippen LogP contribution in [0.15, 0.2) is 29.1 Å². The van der Waals surface area contributed by atoms with Gasteiger partial charge in [0.25, 0.3) is 11.5 Å². The van der Waals surface area contributed by atoms with Crippen molar-refractivity contribution >= 4 is 22.6 Å². The molecule has 0 fully saturated rings. The van der Waals surface area contributed by atoms with Crippen LogP contribution in [0.5, 0.6) is 0 Å². The number of carbonyl (C=O) groups excluding carboxylic acids is 2. The first-order valence-electron chi connectivity index (χ1n) is 9.17. The van der Waals surface area contributed by atoms with Crippen molar-refractivity contribution < 1.29 is 14.3 Å². The van der Waals surface area contributed by atoms with Gasteiger partial charge in [-0.25, -0.2) is 9.48 Å². The topological polar surface area (TPSA) is 90.3 Å². The molecule has 0 bridgehead atoms. The third-order valence-corrected chi connectivity index (χ3v) is 4.32. The fourth-order valence-corrected chi connectivity index (χ4v) is 2.52. The summed E-state index contributed by atoms with van der Waals surface area (Å²) in [5, 5.41) is 7.80. The zero-order valence-electron chi connectivity index (χ0n) is 16.5. The van der Waals surface area contributed by atoms with E-state index in [0.29, 0.717) is 17.3 Å². The molecule has 0 saturated heterocycles. The molecule has 7 nitrogen and oxygen atoms in total. The van der Waals surface area contributed by atoms with E-state index in [-0.39, 0.29) is 35.0 Å². The van der Waals surface area contributed by atoms with Crippen LogP contribution in [0, 0.1) is 11.8 Å². The number of nitrogens with zero attached hydrogens (tertiary/aromatic N) is 2. The Balaban J connectivity index is 2.26. The van der Waals surface area contributed by atoms with Crippen LogP contribution in [-0.4, -0.2) is 34.3 Å². The number of hydrogen-bond acceptors (Lipinski definition) is 5. The first kappa shape index (κ1) is 20.6. The van der Waals surface area contributed by atoms with Crippen LogP contribution in [0.25, 0.3) is 10.8 Å². The molecule has 0 aliphatic rings. The Bertz CT molecular complexity index is 886. The average Bonchev–Trinajstić information content (AvgIpc) is 2.61. The zero-order chi connectivity index (χ0) is 20.1. The fourth-order valence-electron chi connectivity index (χ4n) is 2.52. The van der Waals surface area contributed by atoms with Crippen molar-refractivity contribution in [3.8, 4) is 0 Å². The molecule has 0 radical (unpaired) electrons. The highest BCUT2D eigenvalue weighted by Crippen LogP contribution is 2.15. The lowest BCUT2D eigenvalue weighted by molar-refractivity contribution is -0.125. The third-order valence-electron chi connectivity index (χ3n) is 4.32. The first-order valence-corrected chi connectivity index (χ1v) is 9.17. The zero-order valence-corrected chi connectivity index (χ0v) is 16.5. The molecule has 1 heterocycles. The van der Waals surface area contributed by atoms with Crippen molar-refractivity contribution in [2.24, 2.45) is 11.8 Å². The minimum absolute atomic E-state index is 0.0249. The van der Waals surface area contributed by atoms with Crippen molar-refractivity contribution in [1.82, 2.24) is 15.1 Å². The second-order valence-corrected chi connectivity index (χ2v) is 7.45. The Morgan fingerprint density at radius 1 is 1.11 bits per heavy atom. The van der Waals surface area contributed by atoms with E-state index in [9.17, 15) is 14.4 Å². The fraction of sp³-hybridized carbons (Fsp3) is 0.500. The highest BCUT2D eigenvalue weighted by Gasteiger charge is 2.20. The Morgan fingerprint density at radius 3 is 2.33 bits per heavy atom. The van der Waals surface area contributed by atoms with E-state index in [2.05, 4.69) is 10.4 Å². The molecular weight excluding hydrogens is 346 g/mol. The molecule has 0 spiro atoms. The second-order valence-electron chi connectivity index (χ2n) is 7.45. The van der Waals surface area contributed by atoms with Gasteiger partial charge in [-0.3, -0.25) is 9.59 Å². The highest BCUT2D eigenvalue weighted by molar-refractivity contribution is 6.02. The molecule has 0 aliphatic carbocycles. The van der Waals surface area contributed by atoms with Crippen molar-refractivity contribution in [3.63, 3.8) is 0 Å². The summed E-state index contributed by atoms with van der Waals surface area (Å²) in [6.07, 6.45) is 0. The molecule has 1 atom stereocenters. The maximum Gasteiger partial charge on any atom is 0.359 e. The molecule has 146 valence electrons. The van der Waals surface area contributed by atoms with Gasteiger partial charge in [-0.15, -0.1) is 0 Å². The molecule has 0 aliphatic heterocycles. The molecule has 0 saturated carbocycles. The number of fused-ring (bicyclic) bond motifs is 1. The SMILES string of the molecule is CC(C)Cn1nc(C(=O)OCC(=O)N[C@@H](C)C(C)C)c2ccccc2c1=O. The van der Waals surface area contributed by atoms with E-state index in [0.717, 1.165) is 0 Å². The number of esters is 1. The summed E-state index contributed by atoms with van der Waals surface area (Å²) in [5.74, 6) is -0.640. The van der Waals surface area contributed by atoms with Gasteiger partial charge in [-0.05, 0) is 24.8 Å². The highest BCUT2D eigenvalue weighted by atomic mass is 16.5. The van der Waals surface area contributed by atoms with Gasteiger partial charge in [0, 0.05) is 18.0 Å². The van der Waals surface area contributed by atoms with E-state index < -0.39 is 12.6 Å². The first-order chi connectivity index (χ1) is 12.7. The van der Waals surface area contributed by atoms with Gasteiger partial charge in [0.1, 0.15) is 0 Å². The van der Waals surface area contributed by atoms with E-state index in [4.69, 9.17) is 4.74 Å². The number of aromatic nitrogens is 2. The predicted octanol–water partition coefficient (Wildman–Crippen LogP) is 2.37. The monoisotopic (exact) mass is 373 g/mol. The van der Waals surface area contributed by atoms with Gasteiger partial charge in [0.05, 0.1) is 5.39 Å². The van der Waals surface area contributed by atoms with Gasteiger partial charge < -0.3 is 10.1 Å². The molecule has 1 amide bonds. The summed E-state index contributed by atoms with van der Waals surface area (Å²) in [6.45, 7) is 9.78. The van der Waals surface area contributed by atoms with Gasteiger partial charge >= 0.3 is 5.97 Å². The average molecular weight is 373 g/mol. The molecule has 7 heteroatoms. The molecule has 0 unspecified atom stereocenters. The van der Waals surface area contributed by atoms with Crippen LogP contribution in [0.4, 0.5) is 0 Å². The molecule has 1 N–H and O–H groups in total. The lowest BCUT2D eigenvalue weighted by atomic mass is 10.1. The number of benzene rings is 1. The van der Waals surface area contributed by atoms with Gasteiger partial charge in [0.2, 0.25) is 0 Å². The molecule has 2 aromatic rings. The Labute approximate surface area is 158 Å². The largest absolute Gasteiger partial charge is 0.451 e. The van der Waals surface area contributed by atoms with E-state index in [1.54, 1.807) is 24.3 Å². The van der Waals surface area contributed by atoms with Crippen molar-refractivity contribution in [2.75, 3.05) is 6.61 Å².